The summed E-state index contributed by atoms with van der Waals surface area (Å²) in [6, 6.07) is 5.86. The first-order valence-corrected chi connectivity index (χ1v) is 4.11. The SMILES string of the molecule is NNC(=O)CNc1cccc([N+](=O)[O-])c1. The molecule has 15 heavy (non-hydrogen) atoms. The van der Waals surface area contributed by atoms with Crippen LogP contribution in [0.15, 0.2) is 24.3 Å². The summed E-state index contributed by atoms with van der Waals surface area (Å²) in [7, 11) is 0. The average molecular weight is 210 g/mol. The number of nitrogens with one attached hydrogen (secondary N) is 2. The molecular formula is C8H10N4O3. The molecule has 1 rings (SSSR count). The van der Waals surface area contributed by atoms with Crippen LogP contribution in [0.1, 0.15) is 0 Å². The van der Waals surface area contributed by atoms with E-state index in [1.54, 1.807) is 6.07 Å². The lowest BCUT2D eigenvalue weighted by Gasteiger charge is -2.04. The zero-order valence-electron chi connectivity index (χ0n) is 7.77. The summed E-state index contributed by atoms with van der Waals surface area (Å²) in [4.78, 5) is 20.7. The fourth-order valence-corrected chi connectivity index (χ4v) is 0.963. The highest BCUT2D eigenvalue weighted by Gasteiger charge is 2.05. The predicted octanol–water partition coefficient (Wildman–Crippen LogP) is -0.00340. The van der Waals surface area contributed by atoms with E-state index in [9.17, 15) is 14.9 Å². The highest BCUT2D eigenvalue weighted by molar-refractivity contribution is 5.80. The maximum Gasteiger partial charge on any atom is 0.271 e. The van der Waals surface area contributed by atoms with Crippen LogP contribution < -0.4 is 16.6 Å². The van der Waals surface area contributed by atoms with Crippen molar-refractivity contribution in [1.82, 2.24) is 5.43 Å². The van der Waals surface area contributed by atoms with Crippen LogP contribution in [-0.2, 0) is 4.79 Å². The Labute approximate surface area is 85.4 Å². The molecule has 1 aromatic carbocycles. The van der Waals surface area contributed by atoms with Crippen molar-refractivity contribution in [2.24, 2.45) is 5.84 Å². The number of carbonyl (C=O) groups excluding carboxylic acids is 1. The summed E-state index contributed by atoms with van der Waals surface area (Å²) in [5, 5.41) is 13.1. The number of anilines is 1. The minimum atomic E-state index is -0.506. The summed E-state index contributed by atoms with van der Waals surface area (Å²) < 4.78 is 0. The second-order valence-electron chi connectivity index (χ2n) is 2.73. The highest BCUT2D eigenvalue weighted by Crippen LogP contribution is 2.16. The maximum absolute atomic E-state index is 10.8. The number of amides is 1. The summed E-state index contributed by atoms with van der Waals surface area (Å²) in [6.07, 6.45) is 0. The zero-order chi connectivity index (χ0) is 11.3. The first-order chi connectivity index (χ1) is 7.13. The monoisotopic (exact) mass is 210 g/mol. The standard InChI is InChI=1S/C8H10N4O3/c9-11-8(13)5-10-6-2-1-3-7(4-6)12(14)15/h1-4,10H,5,9H2,(H,11,13). The molecule has 0 aliphatic carbocycles. The molecule has 0 aliphatic heterocycles. The van der Waals surface area contributed by atoms with E-state index in [1.165, 1.54) is 18.2 Å². The maximum atomic E-state index is 10.8. The first kappa shape index (κ1) is 10.9. The van der Waals surface area contributed by atoms with Crippen LogP contribution in [0.5, 0.6) is 0 Å². The molecule has 80 valence electrons. The number of hydrogen-bond acceptors (Lipinski definition) is 5. The van der Waals surface area contributed by atoms with Crippen LogP contribution in [0.25, 0.3) is 0 Å². The smallest absolute Gasteiger partial charge is 0.271 e. The van der Waals surface area contributed by atoms with E-state index in [-0.39, 0.29) is 12.2 Å². The van der Waals surface area contributed by atoms with Crippen LogP contribution in [0.3, 0.4) is 0 Å². The van der Waals surface area contributed by atoms with Crippen molar-refractivity contribution in [1.29, 1.82) is 0 Å². The molecule has 0 radical (unpaired) electrons. The second kappa shape index (κ2) is 4.91. The molecule has 4 N–H and O–H groups in total. The van der Waals surface area contributed by atoms with Crippen molar-refractivity contribution in [3.8, 4) is 0 Å². The number of carbonyl (C=O) groups is 1. The van der Waals surface area contributed by atoms with Gasteiger partial charge in [-0.05, 0) is 6.07 Å². The fraction of sp³-hybridized carbons (Fsp3) is 0.125. The molecule has 0 saturated heterocycles. The molecule has 0 unspecified atom stereocenters. The Morgan fingerprint density at radius 3 is 2.87 bits per heavy atom. The van der Waals surface area contributed by atoms with Crippen molar-refractivity contribution in [2.75, 3.05) is 11.9 Å². The molecule has 0 spiro atoms. The van der Waals surface area contributed by atoms with Gasteiger partial charge in [0.2, 0.25) is 0 Å². The van der Waals surface area contributed by atoms with Gasteiger partial charge in [0.05, 0.1) is 11.5 Å². The van der Waals surface area contributed by atoms with E-state index in [2.05, 4.69) is 5.32 Å². The number of nitro benzene ring substituents is 1. The lowest BCUT2D eigenvalue weighted by atomic mass is 10.3. The van der Waals surface area contributed by atoms with Gasteiger partial charge in [-0.25, -0.2) is 5.84 Å². The van der Waals surface area contributed by atoms with Crippen molar-refractivity contribution >= 4 is 17.3 Å². The third kappa shape index (κ3) is 3.24. The summed E-state index contributed by atoms with van der Waals surface area (Å²) in [5.74, 6) is 4.47. The molecule has 7 heteroatoms. The van der Waals surface area contributed by atoms with Gasteiger partial charge in [0.25, 0.3) is 11.6 Å². The molecule has 0 fully saturated rings. The summed E-state index contributed by atoms with van der Waals surface area (Å²) in [5.41, 5.74) is 2.40. The van der Waals surface area contributed by atoms with Gasteiger partial charge in [-0.2, -0.15) is 0 Å². The van der Waals surface area contributed by atoms with Gasteiger partial charge in [-0.15, -0.1) is 0 Å². The molecule has 7 nitrogen and oxygen atoms in total. The lowest BCUT2D eigenvalue weighted by Crippen LogP contribution is -2.35. The predicted molar refractivity (Wildman–Crippen MR) is 53.9 cm³/mol. The van der Waals surface area contributed by atoms with E-state index in [0.717, 1.165) is 0 Å². The highest BCUT2D eigenvalue weighted by atomic mass is 16.6. The number of hydrogen-bond donors (Lipinski definition) is 3. The Morgan fingerprint density at radius 1 is 1.53 bits per heavy atom. The van der Waals surface area contributed by atoms with Crippen LogP contribution in [0, 0.1) is 10.1 Å². The Kier molecular flexibility index (Phi) is 3.58. The summed E-state index contributed by atoms with van der Waals surface area (Å²) in [6.45, 7) is -0.0301. The van der Waals surface area contributed by atoms with Crippen molar-refractivity contribution in [3.63, 3.8) is 0 Å². The molecule has 0 atom stereocenters. The molecule has 0 heterocycles. The van der Waals surface area contributed by atoms with Gasteiger partial charge in [0.1, 0.15) is 0 Å². The number of non-ortho nitro benzene ring substituents is 1. The second-order valence-corrected chi connectivity index (χ2v) is 2.73. The van der Waals surface area contributed by atoms with Gasteiger partial charge < -0.3 is 5.32 Å². The molecule has 0 saturated carbocycles. The Balaban J connectivity index is 2.66. The molecule has 1 amide bonds. The van der Waals surface area contributed by atoms with Crippen molar-refractivity contribution in [2.45, 2.75) is 0 Å². The van der Waals surface area contributed by atoms with E-state index in [0.29, 0.717) is 5.69 Å². The van der Waals surface area contributed by atoms with Crippen LogP contribution in [0.4, 0.5) is 11.4 Å². The van der Waals surface area contributed by atoms with Crippen molar-refractivity contribution < 1.29 is 9.72 Å². The van der Waals surface area contributed by atoms with Gasteiger partial charge in [-0.3, -0.25) is 20.3 Å². The molecular weight excluding hydrogens is 200 g/mol. The third-order valence-electron chi connectivity index (χ3n) is 1.67. The van der Waals surface area contributed by atoms with Crippen LogP contribution in [-0.4, -0.2) is 17.4 Å². The van der Waals surface area contributed by atoms with Gasteiger partial charge >= 0.3 is 0 Å². The topological polar surface area (TPSA) is 110 Å². The Morgan fingerprint density at radius 2 is 2.27 bits per heavy atom. The third-order valence-corrected chi connectivity index (χ3v) is 1.67. The normalized spacial score (nSPS) is 9.40. The Hall–Kier alpha value is -2.15. The van der Waals surface area contributed by atoms with E-state index in [4.69, 9.17) is 5.84 Å². The van der Waals surface area contributed by atoms with Crippen LogP contribution >= 0.6 is 0 Å². The average Bonchev–Trinajstić information content (AvgIpc) is 2.26. The number of benzene rings is 1. The number of rotatable bonds is 4. The molecule has 1 aromatic rings. The fourth-order valence-electron chi connectivity index (χ4n) is 0.963. The number of nitrogens with zero attached hydrogens (tertiary/aromatic N) is 1. The van der Waals surface area contributed by atoms with E-state index < -0.39 is 10.8 Å². The van der Waals surface area contributed by atoms with Gasteiger partial charge in [0, 0.05) is 17.8 Å². The van der Waals surface area contributed by atoms with E-state index >= 15 is 0 Å². The largest absolute Gasteiger partial charge is 0.376 e. The molecule has 0 bridgehead atoms. The lowest BCUT2D eigenvalue weighted by molar-refractivity contribution is -0.384. The summed E-state index contributed by atoms with van der Waals surface area (Å²) >= 11 is 0. The number of nitrogens with two attached hydrogens (primary N) is 1. The molecule has 0 aromatic heterocycles. The number of hydrazine groups is 1. The van der Waals surface area contributed by atoms with Gasteiger partial charge in [-0.1, -0.05) is 6.07 Å². The minimum absolute atomic E-state index is 0.0301. The number of nitro groups is 1. The van der Waals surface area contributed by atoms with Crippen LogP contribution in [0.2, 0.25) is 0 Å². The first-order valence-electron chi connectivity index (χ1n) is 4.11. The quantitative estimate of drug-likeness (QED) is 0.280. The van der Waals surface area contributed by atoms with E-state index in [1.807, 2.05) is 5.43 Å². The Bertz CT molecular complexity index is 380. The van der Waals surface area contributed by atoms with Crippen molar-refractivity contribution in [3.05, 3.63) is 34.4 Å². The zero-order valence-corrected chi connectivity index (χ0v) is 7.77. The molecule has 0 aliphatic rings. The minimum Gasteiger partial charge on any atom is -0.376 e. The van der Waals surface area contributed by atoms with Gasteiger partial charge in [0.15, 0.2) is 0 Å².